The van der Waals surface area contributed by atoms with Crippen LogP contribution in [0.5, 0.6) is 0 Å². The van der Waals surface area contributed by atoms with Gasteiger partial charge in [-0.2, -0.15) is 0 Å². The quantitative estimate of drug-likeness (QED) is 0.415. The Hall–Kier alpha value is -3.59. The zero-order valence-corrected chi connectivity index (χ0v) is 20.7. The van der Waals surface area contributed by atoms with Gasteiger partial charge in [-0.25, -0.2) is 18.8 Å². The fourth-order valence-electron chi connectivity index (χ4n) is 3.69. The molecule has 10 heteroatoms. The summed E-state index contributed by atoms with van der Waals surface area (Å²) in [5, 5.41) is 8.03. The van der Waals surface area contributed by atoms with Crippen LogP contribution in [-0.4, -0.2) is 35.6 Å². The van der Waals surface area contributed by atoms with Gasteiger partial charge in [-0.1, -0.05) is 30.7 Å². The summed E-state index contributed by atoms with van der Waals surface area (Å²) in [6, 6.07) is 9.03. The van der Waals surface area contributed by atoms with Crippen molar-refractivity contribution >= 4 is 41.0 Å². The molecule has 0 saturated heterocycles. The average Bonchev–Trinajstić information content (AvgIpc) is 2.78. The topological polar surface area (TPSA) is 99.8 Å². The number of halogens is 2. The number of benzene rings is 2. The van der Waals surface area contributed by atoms with Gasteiger partial charge in [-0.05, 0) is 63.1 Å². The highest BCUT2D eigenvalue weighted by molar-refractivity contribution is 6.31. The zero-order chi connectivity index (χ0) is 25.7. The SMILES string of the molecule is CCCN1C(=O)NC(c2ccc(NC(=O)Nc3ccc(F)c(Cl)c3)cc2)C(C(=O)OC(C)C)=C1C. The number of hydrogen-bond acceptors (Lipinski definition) is 4. The lowest BCUT2D eigenvalue weighted by molar-refractivity contribution is -0.143. The minimum atomic E-state index is -0.703. The van der Waals surface area contributed by atoms with Crippen molar-refractivity contribution in [1.82, 2.24) is 10.2 Å². The maximum atomic E-state index is 13.3. The van der Waals surface area contributed by atoms with E-state index in [1.807, 2.05) is 6.92 Å². The van der Waals surface area contributed by atoms with E-state index in [2.05, 4.69) is 16.0 Å². The van der Waals surface area contributed by atoms with Crippen molar-refractivity contribution in [3.05, 3.63) is 70.1 Å². The molecule has 3 rings (SSSR count). The van der Waals surface area contributed by atoms with Crippen molar-refractivity contribution in [2.45, 2.75) is 46.3 Å². The Kier molecular flexibility index (Phi) is 8.34. The van der Waals surface area contributed by atoms with Crippen LogP contribution in [0.3, 0.4) is 0 Å². The van der Waals surface area contributed by atoms with E-state index < -0.39 is 23.9 Å². The van der Waals surface area contributed by atoms with E-state index >= 15 is 0 Å². The van der Waals surface area contributed by atoms with E-state index in [1.165, 1.54) is 17.0 Å². The summed E-state index contributed by atoms with van der Waals surface area (Å²) in [6.45, 7) is 7.69. The minimum absolute atomic E-state index is 0.102. The molecule has 0 bridgehead atoms. The number of nitrogens with zero attached hydrogens (tertiary/aromatic N) is 1. The fourth-order valence-corrected chi connectivity index (χ4v) is 3.87. The third-order valence-electron chi connectivity index (χ3n) is 5.29. The molecule has 8 nitrogen and oxygen atoms in total. The van der Waals surface area contributed by atoms with Crippen molar-refractivity contribution in [3.8, 4) is 0 Å². The smallest absolute Gasteiger partial charge is 0.338 e. The second-order valence-electron chi connectivity index (χ2n) is 8.32. The number of nitrogens with one attached hydrogen (secondary N) is 3. The molecule has 186 valence electrons. The van der Waals surface area contributed by atoms with E-state index in [0.29, 0.717) is 34.8 Å². The molecule has 0 radical (unpaired) electrons. The lowest BCUT2D eigenvalue weighted by Crippen LogP contribution is -2.48. The largest absolute Gasteiger partial charge is 0.459 e. The highest BCUT2D eigenvalue weighted by Crippen LogP contribution is 2.32. The summed E-state index contributed by atoms with van der Waals surface area (Å²) in [5.41, 5.74) is 2.37. The molecule has 4 amide bonds. The summed E-state index contributed by atoms with van der Waals surface area (Å²) in [4.78, 5) is 39.5. The predicted molar refractivity (Wildman–Crippen MR) is 133 cm³/mol. The molecule has 0 aromatic heterocycles. The second kappa shape index (κ2) is 11.2. The summed E-state index contributed by atoms with van der Waals surface area (Å²) in [7, 11) is 0. The number of anilines is 2. The number of ether oxygens (including phenoxy) is 1. The molecule has 2 aromatic carbocycles. The number of esters is 1. The van der Waals surface area contributed by atoms with Gasteiger partial charge in [-0.3, -0.25) is 4.90 Å². The molecule has 1 aliphatic heterocycles. The first-order valence-corrected chi connectivity index (χ1v) is 11.6. The molecular formula is C25H28ClFN4O4. The lowest BCUT2D eigenvalue weighted by atomic mass is 9.94. The minimum Gasteiger partial charge on any atom is -0.459 e. The molecule has 1 atom stereocenters. The molecule has 1 unspecified atom stereocenters. The predicted octanol–water partition coefficient (Wildman–Crippen LogP) is 5.83. The molecule has 0 aliphatic carbocycles. The molecule has 1 heterocycles. The fraction of sp³-hybridized carbons (Fsp3) is 0.320. The Labute approximate surface area is 208 Å². The third kappa shape index (κ3) is 6.30. The van der Waals surface area contributed by atoms with Crippen molar-refractivity contribution in [2.24, 2.45) is 0 Å². The van der Waals surface area contributed by atoms with Crippen LogP contribution < -0.4 is 16.0 Å². The molecule has 0 spiro atoms. The lowest BCUT2D eigenvalue weighted by Gasteiger charge is -2.35. The van der Waals surface area contributed by atoms with Crippen molar-refractivity contribution in [1.29, 1.82) is 0 Å². The number of hydrogen-bond donors (Lipinski definition) is 3. The van der Waals surface area contributed by atoms with Gasteiger partial charge in [-0.15, -0.1) is 0 Å². The van der Waals surface area contributed by atoms with Crippen LogP contribution in [0.1, 0.15) is 45.7 Å². The number of urea groups is 2. The summed E-state index contributed by atoms with van der Waals surface area (Å²) in [6.07, 6.45) is 0.413. The van der Waals surface area contributed by atoms with Gasteiger partial charge in [0.1, 0.15) is 5.82 Å². The van der Waals surface area contributed by atoms with E-state index in [4.69, 9.17) is 16.3 Å². The van der Waals surface area contributed by atoms with Crippen LogP contribution in [0.15, 0.2) is 53.7 Å². The third-order valence-corrected chi connectivity index (χ3v) is 5.58. The van der Waals surface area contributed by atoms with Gasteiger partial charge < -0.3 is 20.7 Å². The summed E-state index contributed by atoms with van der Waals surface area (Å²) < 4.78 is 18.8. The molecule has 3 N–H and O–H groups in total. The van der Waals surface area contributed by atoms with E-state index in [0.717, 1.165) is 12.5 Å². The second-order valence-corrected chi connectivity index (χ2v) is 8.72. The molecular weight excluding hydrogens is 475 g/mol. The molecule has 0 saturated carbocycles. The Morgan fingerprint density at radius 2 is 1.77 bits per heavy atom. The van der Waals surface area contributed by atoms with E-state index in [1.54, 1.807) is 45.0 Å². The van der Waals surface area contributed by atoms with Crippen molar-refractivity contribution in [3.63, 3.8) is 0 Å². The first-order valence-electron chi connectivity index (χ1n) is 11.2. The van der Waals surface area contributed by atoms with Gasteiger partial charge in [0.25, 0.3) is 0 Å². The van der Waals surface area contributed by atoms with Crippen LogP contribution in [0.25, 0.3) is 0 Å². The monoisotopic (exact) mass is 502 g/mol. The van der Waals surface area contributed by atoms with Crippen LogP contribution in [0.4, 0.5) is 25.4 Å². The number of amides is 4. The van der Waals surface area contributed by atoms with Gasteiger partial charge in [0.05, 0.1) is 22.7 Å². The summed E-state index contributed by atoms with van der Waals surface area (Å²) >= 11 is 5.74. The average molecular weight is 503 g/mol. The number of carbonyl (C=O) groups is 3. The van der Waals surface area contributed by atoms with Crippen LogP contribution in [0.2, 0.25) is 5.02 Å². The van der Waals surface area contributed by atoms with Gasteiger partial charge in [0.15, 0.2) is 0 Å². The molecule has 2 aromatic rings. The van der Waals surface area contributed by atoms with Gasteiger partial charge in [0.2, 0.25) is 0 Å². The Bertz CT molecular complexity index is 1150. The normalized spacial score (nSPS) is 15.7. The first-order chi connectivity index (χ1) is 16.6. The van der Waals surface area contributed by atoms with E-state index in [-0.39, 0.29) is 17.2 Å². The van der Waals surface area contributed by atoms with E-state index in [9.17, 15) is 18.8 Å². The number of allylic oxidation sites excluding steroid dienone is 1. The number of rotatable bonds is 7. The Morgan fingerprint density at radius 3 is 2.37 bits per heavy atom. The maximum absolute atomic E-state index is 13.3. The van der Waals surface area contributed by atoms with Crippen molar-refractivity contribution < 1.29 is 23.5 Å². The molecule has 35 heavy (non-hydrogen) atoms. The highest BCUT2D eigenvalue weighted by Gasteiger charge is 2.36. The highest BCUT2D eigenvalue weighted by atomic mass is 35.5. The van der Waals surface area contributed by atoms with Gasteiger partial charge in [0, 0.05) is 23.6 Å². The van der Waals surface area contributed by atoms with Crippen LogP contribution >= 0.6 is 11.6 Å². The Morgan fingerprint density at radius 1 is 1.14 bits per heavy atom. The molecule has 0 fully saturated rings. The number of carbonyl (C=O) groups excluding carboxylic acids is 3. The standard InChI is InChI=1S/C25H28ClFN4O4/c1-5-12-31-15(4)21(23(32)35-14(2)3)22(30-25(31)34)16-6-8-17(9-7-16)28-24(33)29-18-10-11-20(27)19(26)13-18/h6-11,13-14,22H,5,12H2,1-4H3,(H,30,34)(H2,28,29,33). The van der Waals surface area contributed by atoms with Gasteiger partial charge >= 0.3 is 18.0 Å². The van der Waals surface area contributed by atoms with Crippen LogP contribution in [-0.2, 0) is 9.53 Å². The maximum Gasteiger partial charge on any atom is 0.338 e. The Balaban J connectivity index is 1.80. The molecule has 1 aliphatic rings. The zero-order valence-electron chi connectivity index (χ0n) is 19.9. The first kappa shape index (κ1) is 26.0. The van der Waals surface area contributed by atoms with Crippen molar-refractivity contribution in [2.75, 3.05) is 17.2 Å². The van der Waals surface area contributed by atoms with Crippen LogP contribution in [0, 0.1) is 5.82 Å². The summed E-state index contributed by atoms with van der Waals surface area (Å²) in [5.74, 6) is -1.08.